The Morgan fingerprint density at radius 3 is 2.96 bits per heavy atom. The third-order valence-corrected chi connectivity index (χ3v) is 5.37. The summed E-state index contributed by atoms with van der Waals surface area (Å²) in [4.78, 5) is 8.75. The molecule has 0 bridgehead atoms. The molecule has 0 aliphatic rings. The largest absolute Gasteiger partial charge is 0.330 e. The van der Waals surface area contributed by atoms with E-state index in [1.54, 1.807) is 17.5 Å². The van der Waals surface area contributed by atoms with Crippen molar-refractivity contribution in [2.24, 2.45) is 5.73 Å². The van der Waals surface area contributed by atoms with Gasteiger partial charge in [-0.2, -0.15) is 5.10 Å². The first-order valence-electron chi connectivity index (χ1n) is 8.16. The van der Waals surface area contributed by atoms with Crippen LogP contribution in [0.15, 0.2) is 53.6 Å². The van der Waals surface area contributed by atoms with E-state index < -0.39 is 0 Å². The molecule has 0 spiro atoms. The van der Waals surface area contributed by atoms with Gasteiger partial charge in [0.25, 0.3) is 0 Å². The van der Waals surface area contributed by atoms with Crippen molar-refractivity contribution in [3.05, 3.63) is 64.9 Å². The second kappa shape index (κ2) is 6.38. The number of benzene rings is 1. The molecule has 3 N–H and O–H groups in total. The fraction of sp³-hybridized carbons (Fsp3) is 0.211. The summed E-state index contributed by atoms with van der Waals surface area (Å²) in [6.07, 6.45) is 4.45. The van der Waals surface area contributed by atoms with Crippen LogP contribution in [0.25, 0.3) is 22.2 Å². The molecule has 4 aromatic rings. The summed E-state index contributed by atoms with van der Waals surface area (Å²) in [6, 6.07) is 10.6. The first-order chi connectivity index (χ1) is 12.2. The van der Waals surface area contributed by atoms with Gasteiger partial charge in [-0.15, -0.1) is 11.3 Å². The second-order valence-electron chi connectivity index (χ2n) is 6.49. The summed E-state index contributed by atoms with van der Waals surface area (Å²) in [7, 11) is 0. The molecule has 4 rings (SSSR count). The van der Waals surface area contributed by atoms with Gasteiger partial charge in [-0.1, -0.05) is 31.2 Å². The van der Waals surface area contributed by atoms with Crippen molar-refractivity contribution in [1.29, 1.82) is 0 Å². The van der Waals surface area contributed by atoms with Crippen LogP contribution in [0.4, 0.5) is 0 Å². The van der Waals surface area contributed by atoms with Crippen molar-refractivity contribution < 1.29 is 0 Å². The van der Waals surface area contributed by atoms with Crippen molar-refractivity contribution in [1.82, 2.24) is 20.2 Å². The van der Waals surface area contributed by atoms with Crippen LogP contribution in [0.2, 0.25) is 0 Å². The van der Waals surface area contributed by atoms with Gasteiger partial charge in [0.15, 0.2) is 5.65 Å². The number of nitrogens with two attached hydrogens (primary N) is 1. The van der Waals surface area contributed by atoms with Crippen LogP contribution in [0, 0.1) is 0 Å². The SMILES string of the molecule is CC(CN)(Cc1cscn1)c1cccc(-c2ccnc3[nH]ncc23)c1. The van der Waals surface area contributed by atoms with Gasteiger partial charge >= 0.3 is 0 Å². The number of nitrogens with zero attached hydrogens (tertiary/aromatic N) is 3. The standard InChI is InChI=1S/C19H19N5S/c1-19(11-20,8-15-10-25-12-22-15)14-4-2-3-13(7-14)16-5-6-21-18-17(16)9-23-24-18/h2-7,9-10,12H,8,11,20H2,1H3,(H,21,23,24). The minimum absolute atomic E-state index is 0.160. The summed E-state index contributed by atoms with van der Waals surface area (Å²) >= 11 is 1.62. The van der Waals surface area contributed by atoms with Crippen LogP contribution in [0.1, 0.15) is 18.2 Å². The number of aromatic nitrogens is 4. The van der Waals surface area contributed by atoms with Crippen molar-refractivity contribution in [3.8, 4) is 11.1 Å². The number of hydrogen-bond donors (Lipinski definition) is 2. The molecule has 0 amide bonds. The highest BCUT2D eigenvalue weighted by Crippen LogP contribution is 2.32. The monoisotopic (exact) mass is 349 g/mol. The van der Waals surface area contributed by atoms with Gasteiger partial charge in [0, 0.05) is 35.3 Å². The molecule has 25 heavy (non-hydrogen) atoms. The first kappa shape index (κ1) is 15.9. The average Bonchev–Trinajstić information content (AvgIpc) is 3.32. The number of nitrogens with one attached hydrogen (secondary N) is 1. The van der Waals surface area contributed by atoms with Crippen molar-refractivity contribution >= 4 is 22.4 Å². The molecule has 6 heteroatoms. The second-order valence-corrected chi connectivity index (χ2v) is 7.21. The lowest BCUT2D eigenvalue weighted by Crippen LogP contribution is -2.34. The Balaban J connectivity index is 1.77. The molecule has 0 aliphatic carbocycles. The Morgan fingerprint density at radius 2 is 2.16 bits per heavy atom. The van der Waals surface area contributed by atoms with E-state index in [0.29, 0.717) is 6.54 Å². The number of fused-ring (bicyclic) bond motifs is 1. The van der Waals surface area contributed by atoms with Crippen LogP contribution in [-0.2, 0) is 11.8 Å². The minimum Gasteiger partial charge on any atom is -0.330 e. The van der Waals surface area contributed by atoms with Gasteiger partial charge in [0.1, 0.15) is 0 Å². The molecule has 0 saturated carbocycles. The van der Waals surface area contributed by atoms with Gasteiger partial charge in [0.2, 0.25) is 0 Å². The average molecular weight is 349 g/mol. The lowest BCUT2D eigenvalue weighted by molar-refractivity contribution is 0.476. The van der Waals surface area contributed by atoms with Crippen LogP contribution >= 0.6 is 11.3 Å². The molecule has 1 aromatic carbocycles. The number of hydrogen-bond acceptors (Lipinski definition) is 5. The highest BCUT2D eigenvalue weighted by atomic mass is 32.1. The molecule has 0 radical (unpaired) electrons. The smallest absolute Gasteiger partial charge is 0.155 e. The Morgan fingerprint density at radius 1 is 1.24 bits per heavy atom. The lowest BCUT2D eigenvalue weighted by atomic mass is 9.78. The molecule has 0 fully saturated rings. The van der Waals surface area contributed by atoms with E-state index in [1.165, 1.54) is 5.56 Å². The van der Waals surface area contributed by atoms with Crippen LogP contribution in [0.5, 0.6) is 0 Å². The molecule has 5 nitrogen and oxygen atoms in total. The van der Waals surface area contributed by atoms with Crippen LogP contribution in [-0.4, -0.2) is 26.7 Å². The van der Waals surface area contributed by atoms with E-state index >= 15 is 0 Å². The Bertz CT molecular complexity index is 992. The van der Waals surface area contributed by atoms with Crippen molar-refractivity contribution in [3.63, 3.8) is 0 Å². The number of pyridine rings is 1. The fourth-order valence-corrected chi connectivity index (χ4v) is 3.74. The Hall–Kier alpha value is -2.57. The summed E-state index contributed by atoms with van der Waals surface area (Å²) in [5, 5.41) is 10.2. The molecule has 0 saturated heterocycles. The topological polar surface area (TPSA) is 80.5 Å². The number of thiazole rings is 1. The highest BCUT2D eigenvalue weighted by Gasteiger charge is 2.26. The van der Waals surface area contributed by atoms with Crippen molar-refractivity contribution in [2.45, 2.75) is 18.8 Å². The van der Waals surface area contributed by atoms with Gasteiger partial charge in [-0.05, 0) is 22.8 Å². The zero-order chi connectivity index (χ0) is 17.3. The number of aromatic amines is 1. The van der Waals surface area contributed by atoms with Gasteiger partial charge in [0.05, 0.1) is 17.4 Å². The minimum atomic E-state index is -0.160. The molecule has 3 aromatic heterocycles. The van der Waals surface area contributed by atoms with E-state index in [2.05, 4.69) is 56.7 Å². The molecule has 1 atom stereocenters. The molecular weight excluding hydrogens is 330 g/mol. The van der Waals surface area contributed by atoms with E-state index in [4.69, 9.17) is 5.73 Å². The third kappa shape index (κ3) is 2.94. The maximum Gasteiger partial charge on any atom is 0.155 e. The van der Waals surface area contributed by atoms with E-state index in [-0.39, 0.29) is 5.41 Å². The summed E-state index contributed by atoms with van der Waals surface area (Å²) < 4.78 is 0. The zero-order valence-electron chi connectivity index (χ0n) is 13.9. The Kier molecular flexibility index (Phi) is 4.07. The number of H-pyrrole nitrogens is 1. The van der Waals surface area contributed by atoms with E-state index in [0.717, 1.165) is 34.3 Å². The summed E-state index contributed by atoms with van der Waals surface area (Å²) in [5.41, 5.74) is 13.2. The van der Waals surface area contributed by atoms with Gasteiger partial charge < -0.3 is 5.73 Å². The number of rotatable bonds is 5. The summed E-state index contributed by atoms with van der Waals surface area (Å²) in [6.45, 7) is 2.76. The van der Waals surface area contributed by atoms with Gasteiger partial charge in [-0.3, -0.25) is 5.10 Å². The van der Waals surface area contributed by atoms with Crippen LogP contribution < -0.4 is 5.73 Å². The predicted molar refractivity (Wildman–Crippen MR) is 102 cm³/mol. The maximum absolute atomic E-state index is 6.17. The van der Waals surface area contributed by atoms with E-state index in [1.807, 2.05) is 17.8 Å². The van der Waals surface area contributed by atoms with Crippen LogP contribution in [0.3, 0.4) is 0 Å². The molecule has 3 heterocycles. The van der Waals surface area contributed by atoms with E-state index in [9.17, 15) is 0 Å². The predicted octanol–water partition coefficient (Wildman–Crippen LogP) is 3.54. The Labute approximate surface area is 150 Å². The third-order valence-electron chi connectivity index (χ3n) is 4.73. The lowest BCUT2D eigenvalue weighted by Gasteiger charge is -2.28. The van der Waals surface area contributed by atoms with Crippen molar-refractivity contribution in [2.75, 3.05) is 6.54 Å². The fourth-order valence-electron chi connectivity index (χ4n) is 3.18. The quantitative estimate of drug-likeness (QED) is 0.577. The zero-order valence-corrected chi connectivity index (χ0v) is 14.8. The molecule has 0 aliphatic heterocycles. The maximum atomic E-state index is 6.17. The highest BCUT2D eigenvalue weighted by molar-refractivity contribution is 7.07. The molecule has 126 valence electrons. The van der Waals surface area contributed by atoms with Gasteiger partial charge in [-0.25, -0.2) is 9.97 Å². The summed E-state index contributed by atoms with van der Waals surface area (Å²) in [5.74, 6) is 0. The molecular formula is C19H19N5S. The molecule has 1 unspecified atom stereocenters. The normalized spacial score (nSPS) is 13.8. The first-order valence-corrected chi connectivity index (χ1v) is 9.10.